The zero-order chi connectivity index (χ0) is 12.5. The van der Waals surface area contributed by atoms with Crippen molar-refractivity contribution in [2.24, 2.45) is 0 Å². The Kier molecular flexibility index (Phi) is 2.17. The third-order valence-corrected chi connectivity index (χ3v) is 16.1. The number of hydrogen-bond acceptors (Lipinski definition) is 0. The fraction of sp³-hybridized carbons (Fsp3) is 0.625. The molecule has 0 bridgehead atoms. The largest absolute Gasteiger partial charge is 0.0839 e. The molecule has 0 nitrogen and oxygen atoms in total. The van der Waals surface area contributed by atoms with Crippen molar-refractivity contribution < 1.29 is 0 Å². The third kappa shape index (κ3) is 1.26. The highest BCUT2D eigenvalue weighted by Crippen LogP contribution is 2.40. The van der Waals surface area contributed by atoms with Crippen molar-refractivity contribution in [1.82, 2.24) is 0 Å². The van der Waals surface area contributed by atoms with Crippen LogP contribution < -0.4 is 10.4 Å². The molecule has 0 aliphatic carbocycles. The van der Waals surface area contributed by atoms with Crippen LogP contribution in [0.3, 0.4) is 0 Å². The van der Waals surface area contributed by atoms with Crippen LogP contribution >= 0.6 is 0 Å². The molecule has 0 N–H and O–H groups in total. The zero-order valence-electron chi connectivity index (χ0n) is 12.0. The minimum Gasteiger partial charge on any atom is -0.0652 e. The van der Waals surface area contributed by atoms with E-state index in [1.54, 1.807) is 35.3 Å². The summed E-state index contributed by atoms with van der Waals surface area (Å²) < 4.78 is 0. The summed E-state index contributed by atoms with van der Waals surface area (Å²) in [6, 6.07) is 8.97. The van der Waals surface area contributed by atoms with Crippen LogP contribution in [0.25, 0.3) is 0 Å². The van der Waals surface area contributed by atoms with Crippen LogP contribution in [0.4, 0.5) is 0 Å². The first kappa shape index (κ1) is 11.5. The van der Waals surface area contributed by atoms with E-state index in [-0.39, 0.29) is 0 Å². The van der Waals surface area contributed by atoms with E-state index < -0.39 is 16.1 Å². The molecule has 0 aromatic heterocycles. The third-order valence-electron chi connectivity index (χ3n) is 6.28. The Morgan fingerprint density at radius 1 is 0.889 bits per heavy atom. The Bertz CT molecular complexity index is 549. The molecule has 0 spiro atoms. The summed E-state index contributed by atoms with van der Waals surface area (Å²) in [6.07, 6.45) is 4.28. The molecular formula is C16H24Si2. The molecule has 2 unspecified atom stereocenters. The maximum absolute atomic E-state index is 2.71. The molecule has 4 rings (SSSR count). The lowest BCUT2D eigenvalue weighted by Gasteiger charge is -2.45. The maximum Gasteiger partial charge on any atom is 0.0839 e. The molecule has 0 radical (unpaired) electrons. The van der Waals surface area contributed by atoms with Crippen LogP contribution in [0.15, 0.2) is 6.07 Å². The molecular weight excluding hydrogens is 248 g/mol. The molecule has 18 heavy (non-hydrogen) atoms. The molecule has 3 heterocycles. The van der Waals surface area contributed by atoms with Gasteiger partial charge in [0.25, 0.3) is 0 Å². The fourth-order valence-corrected chi connectivity index (χ4v) is 18.2. The highest BCUT2D eigenvalue weighted by Gasteiger charge is 2.50. The fourth-order valence-electron chi connectivity index (χ4n) is 5.17. The SMILES string of the molecule is Cc1cc2c3c4c1CCC[Si]4(C)CC[Si]3(C)CC2. The van der Waals surface area contributed by atoms with Gasteiger partial charge in [0.1, 0.15) is 0 Å². The monoisotopic (exact) mass is 272 g/mol. The summed E-state index contributed by atoms with van der Waals surface area (Å²) in [7, 11) is -2.10. The van der Waals surface area contributed by atoms with Crippen molar-refractivity contribution in [1.29, 1.82) is 0 Å². The van der Waals surface area contributed by atoms with Crippen LogP contribution in [0, 0.1) is 6.92 Å². The summed E-state index contributed by atoms with van der Waals surface area (Å²) in [4.78, 5) is 0. The Morgan fingerprint density at radius 2 is 1.61 bits per heavy atom. The van der Waals surface area contributed by atoms with Gasteiger partial charge in [-0.25, -0.2) is 0 Å². The van der Waals surface area contributed by atoms with Crippen molar-refractivity contribution in [2.45, 2.75) is 63.5 Å². The van der Waals surface area contributed by atoms with Crippen LogP contribution in [-0.4, -0.2) is 16.1 Å². The van der Waals surface area contributed by atoms with E-state index in [1.807, 2.05) is 15.9 Å². The molecule has 3 aliphatic rings. The van der Waals surface area contributed by atoms with Crippen LogP contribution in [0.5, 0.6) is 0 Å². The lowest BCUT2D eigenvalue weighted by molar-refractivity contribution is 0.873. The number of aryl methyl sites for hydroxylation is 2. The lowest BCUT2D eigenvalue weighted by Crippen LogP contribution is -2.67. The van der Waals surface area contributed by atoms with Crippen molar-refractivity contribution in [2.75, 3.05) is 0 Å². The summed E-state index contributed by atoms with van der Waals surface area (Å²) >= 11 is 0. The summed E-state index contributed by atoms with van der Waals surface area (Å²) in [5, 5.41) is 4.02. The summed E-state index contributed by atoms with van der Waals surface area (Å²) in [5.74, 6) is 0. The Morgan fingerprint density at radius 3 is 2.39 bits per heavy atom. The van der Waals surface area contributed by atoms with Gasteiger partial charge in [-0.2, -0.15) is 0 Å². The topological polar surface area (TPSA) is 0 Å². The maximum atomic E-state index is 2.71. The molecule has 2 heteroatoms. The standard InChI is InChI=1S/C16H24Si2/c1-12-11-13-6-8-18(3)10-9-17(2)7-4-5-14(12)16(17)15(13)18/h11H,4-10H2,1-3H3. The second kappa shape index (κ2) is 3.40. The number of rotatable bonds is 0. The molecule has 0 saturated carbocycles. The number of hydrogen-bond donors (Lipinski definition) is 0. The second-order valence-electron chi connectivity index (χ2n) is 7.56. The average Bonchev–Trinajstić information content (AvgIpc) is 2.67. The molecule has 0 amide bonds. The predicted molar refractivity (Wildman–Crippen MR) is 84.9 cm³/mol. The minimum atomic E-state index is -1.07. The van der Waals surface area contributed by atoms with Gasteiger partial charge in [0, 0.05) is 0 Å². The normalized spacial score (nSPS) is 36.6. The first-order valence-electron chi connectivity index (χ1n) is 7.70. The summed E-state index contributed by atoms with van der Waals surface area (Å²) in [5.41, 5.74) is 5.26. The molecule has 1 aromatic rings. The van der Waals surface area contributed by atoms with E-state index in [2.05, 4.69) is 26.1 Å². The van der Waals surface area contributed by atoms with Gasteiger partial charge in [0.2, 0.25) is 0 Å². The van der Waals surface area contributed by atoms with Gasteiger partial charge in [-0.15, -0.1) is 0 Å². The molecule has 0 saturated heterocycles. The van der Waals surface area contributed by atoms with E-state index in [0.29, 0.717) is 0 Å². The van der Waals surface area contributed by atoms with Gasteiger partial charge in [-0.3, -0.25) is 0 Å². The van der Waals surface area contributed by atoms with Gasteiger partial charge in [0.15, 0.2) is 0 Å². The molecule has 2 atom stereocenters. The minimum absolute atomic E-state index is 1.03. The molecule has 3 aliphatic heterocycles. The van der Waals surface area contributed by atoms with Gasteiger partial charge < -0.3 is 0 Å². The average molecular weight is 273 g/mol. The first-order valence-corrected chi connectivity index (χ1v) is 13.5. The van der Waals surface area contributed by atoms with E-state index in [9.17, 15) is 0 Å². The Balaban J connectivity index is 2.11. The van der Waals surface area contributed by atoms with E-state index >= 15 is 0 Å². The highest BCUT2D eigenvalue weighted by atomic mass is 28.3. The first-order chi connectivity index (χ1) is 8.54. The smallest absolute Gasteiger partial charge is 0.0652 e. The van der Waals surface area contributed by atoms with E-state index in [1.165, 1.54) is 19.3 Å². The second-order valence-corrected chi connectivity index (χ2v) is 16.8. The van der Waals surface area contributed by atoms with Gasteiger partial charge in [0.05, 0.1) is 16.1 Å². The zero-order valence-corrected chi connectivity index (χ0v) is 14.0. The molecule has 96 valence electrons. The molecule has 1 aromatic carbocycles. The van der Waals surface area contributed by atoms with Crippen LogP contribution in [0.1, 0.15) is 23.1 Å². The van der Waals surface area contributed by atoms with Crippen molar-refractivity contribution in [3.63, 3.8) is 0 Å². The highest BCUT2D eigenvalue weighted by molar-refractivity contribution is 7.05. The predicted octanol–water partition coefficient (Wildman–Crippen LogP) is 3.08. The Hall–Kier alpha value is -0.346. The van der Waals surface area contributed by atoms with Crippen molar-refractivity contribution in [3.05, 3.63) is 22.8 Å². The summed E-state index contributed by atoms with van der Waals surface area (Å²) in [6.45, 7) is 7.78. The van der Waals surface area contributed by atoms with Gasteiger partial charge >= 0.3 is 0 Å². The van der Waals surface area contributed by atoms with Crippen molar-refractivity contribution >= 4 is 26.5 Å². The van der Waals surface area contributed by atoms with Crippen LogP contribution in [-0.2, 0) is 12.8 Å². The van der Waals surface area contributed by atoms with Gasteiger partial charge in [-0.1, -0.05) is 54.1 Å². The Labute approximate surface area is 113 Å². The van der Waals surface area contributed by atoms with Crippen LogP contribution in [0.2, 0.25) is 37.3 Å². The quantitative estimate of drug-likeness (QED) is 0.637. The van der Waals surface area contributed by atoms with E-state index in [0.717, 1.165) is 0 Å². The van der Waals surface area contributed by atoms with Gasteiger partial charge in [-0.05, 0) is 42.5 Å². The number of benzene rings is 1. The van der Waals surface area contributed by atoms with E-state index in [4.69, 9.17) is 0 Å². The lowest BCUT2D eigenvalue weighted by atomic mass is 9.99. The van der Waals surface area contributed by atoms with Crippen molar-refractivity contribution in [3.8, 4) is 0 Å². The molecule has 0 fully saturated rings.